The minimum absolute atomic E-state index is 0.610. The number of nitrogens with zero attached hydrogens (tertiary/aromatic N) is 3. The summed E-state index contributed by atoms with van der Waals surface area (Å²) < 4.78 is 2.00. The number of aromatic nitrogens is 2. The van der Waals surface area contributed by atoms with Crippen LogP contribution in [0.3, 0.4) is 0 Å². The quantitative estimate of drug-likeness (QED) is 0.864. The van der Waals surface area contributed by atoms with E-state index in [-0.39, 0.29) is 0 Å². The van der Waals surface area contributed by atoms with E-state index >= 15 is 0 Å². The number of aryl methyl sites for hydroxylation is 1. The number of anilines is 1. The first-order chi connectivity index (χ1) is 8.24. The minimum Gasteiger partial charge on any atom is -0.366 e. The molecule has 2 rings (SSSR count). The lowest BCUT2D eigenvalue weighted by Gasteiger charge is -2.37. The largest absolute Gasteiger partial charge is 0.366 e. The van der Waals surface area contributed by atoms with Crippen molar-refractivity contribution in [2.24, 2.45) is 5.92 Å². The van der Waals surface area contributed by atoms with E-state index in [1.165, 1.54) is 12.1 Å². The second kappa shape index (κ2) is 5.54. The Kier molecular flexibility index (Phi) is 4.05. The van der Waals surface area contributed by atoms with E-state index in [0.29, 0.717) is 6.04 Å². The molecule has 1 aliphatic heterocycles. The Morgan fingerprint density at radius 3 is 3.00 bits per heavy atom. The summed E-state index contributed by atoms with van der Waals surface area (Å²) in [5.74, 6) is 0.735. The highest BCUT2D eigenvalue weighted by Gasteiger charge is 2.23. The molecule has 2 heterocycles. The molecule has 4 nitrogen and oxygen atoms in total. The van der Waals surface area contributed by atoms with Crippen molar-refractivity contribution in [1.82, 2.24) is 15.1 Å². The van der Waals surface area contributed by atoms with Gasteiger partial charge < -0.3 is 10.2 Å². The molecular weight excluding hydrogens is 212 g/mol. The van der Waals surface area contributed by atoms with E-state index in [4.69, 9.17) is 0 Å². The van der Waals surface area contributed by atoms with Gasteiger partial charge in [0.05, 0.1) is 11.9 Å². The van der Waals surface area contributed by atoms with Crippen LogP contribution in [0, 0.1) is 5.92 Å². The van der Waals surface area contributed by atoms with Crippen molar-refractivity contribution in [3.63, 3.8) is 0 Å². The van der Waals surface area contributed by atoms with E-state index in [1.54, 1.807) is 0 Å². The predicted molar refractivity (Wildman–Crippen MR) is 71.4 cm³/mol. The number of nitrogens with one attached hydrogen (secondary N) is 1. The van der Waals surface area contributed by atoms with E-state index in [9.17, 15) is 0 Å². The fourth-order valence-corrected chi connectivity index (χ4v) is 2.37. The van der Waals surface area contributed by atoms with Crippen molar-refractivity contribution in [3.05, 3.63) is 12.4 Å². The number of hydrogen-bond acceptors (Lipinski definition) is 3. The molecule has 2 atom stereocenters. The summed E-state index contributed by atoms with van der Waals surface area (Å²) in [6.45, 7) is 10.9. The Balaban J connectivity index is 2.01. The maximum Gasteiger partial charge on any atom is 0.0753 e. The van der Waals surface area contributed by atoms with Crippen LogP contribution in [0.1, 0.15) is 27.2 Å². The Morgan fingerprint density at radius 2 is 2.35 bits per heavy atom. The van der Waals surface area contributed by atoms with Crippen LogP contribution in [0.5, 0.6) is 0 Å². The Labute approximate surface area is 104 Å². The smallest absolute Gasteiger partial charge is 0.0753 e. The third-order valence-electron chi connectivity index (χ3n) is 3.84. The van der Waals surface area contributed by atoms with Gasteiger partial charge in [-0.3, -0.25) is 4.68 Å². The number of piperazine rings is 1. The fraction of sp³-hybridized carbons (Fsp3) is 0.769. The first-order valence-electron chi connectivity index (χ1n) is 6.75. The lowest BCUT2D eigenvalue weighted by atomic mass is 9.97. The maximum absolute atomic E-state index is 4.35. The highest BCUT2D eigenvalue weighted by Crippen LogP contribution is 2.18. The molecular formula is C13H24N4. The van der Waals surface area contributed by atoms with Crippen LogP contribution in [0.15, 0.2) is 12.4 Å². The Hall–Kier alpha value is -1.03. The molecule has 4 heteroatoms. The van der Waals surface area contributed by atoms with Gasteiger partial charge in [0, 0.05) is 38.4 Å². The van der Waals surface area contributed by atoms with Gasteiger partial charge in [-0.15, -0.1) is 0 Å². The summed E-state index contributed by atoms with van der Waals surface area (Å²) in [7, 11) is 0. The van der Waals surface area contributed by atoms with Crippen molar-refractivity contribution in [3.8, 4) is 0 Å². The molecule has 1 fully saturated rings. The monoisotopic (exact) mass is 236 g/mol. The zero-order valence-electron chi connectivity index (χ0n) is 11.2. The Bertz CT molecular complexity index is 347. The first kappa shape index (κ1) is 12.4. The average Bonchev–Trinajstić information content (AvgIpc) is 2.86. The molecule has 0 bridgehead atoms. The minimum atomic E-state index is 0.610. The highest BCUT2D eigenvalue weighted by atomic mass is 15.3. The van der Waals surface area contributed by atoms with Gasteiger partial charge in [0.1, 0.15) is 0 Å². The normalized spacial score (nSPS) is 22.8. The van der Waals surface area contributed by atoms with Gasteiger partial charge in [-0.2, -0.15) is 5.10 Å². The molecule has 0 radical (unpaired) electrons. The van der Waals surface area contributed by atoms with E-state index in [0.717, 1.165) is 32.1 Å². The van der Waals surface area contributed by atoms with Crippen LogP contribution >= 0.6 is 0 Å². The van der Waals surface area contributed by atoms with Crippen LogP contribution in [0.4, 0.5) is 5.69 Å². The molecule has 0 aliphatic carbocycles. The van der Waals surface area contributed by atoms with E-state index in [2.05, 4.69) is 42.3 Å². The SMILES string of the molecule is CCC(C)C1CN(c2cnn(CC)c2)CCN1. The van der Waals surface area contributed by atoms with Crippen LogP contribution in [0.2, 0.25) is 0 Å². The van der Waals surface area contributed by atoms with Gasteiger partial charge in [0.25, 0.3) is 0 Å². The van der Waals surface area contributed by atoms with E-state index in [1.807, 2.05) is 10.9 Å². The second-order valence-electron chi connectivity index (χ2n) is 4.95. The zero-order valence-corrected chi connectivity index (χ0v) is 11.2. The lowest BCUT2D eigenvalue weighted by Crippen LogP contribution is -2.53. The maximum atomic E-state index is 4.35. The number of hydrogen-bond donors (Lipinski definition) is 1. The molecule has 0 saturated carbocycles. The molecule has 1 aliphatic rings. The molecule has 0 amide bonds. The topological polar surface area (TPSA) is 33.1 Å². The van der Waals surface area contributed by atoms with Crippen molar-refractivity contribution in [2.75, 3.05) is 24.5 Å². The Morgan fingerprint density at radius 1 is 1.53 bits per heavy atom. The first-order valence-corrected chi connectivity index (χ1v) is 6.75. The van der Waals surface area contributed by atoms with Gasteiger partial charge in [-0.05, 0) is 12.8 Å². The molecule has 2 unspecified atom stereocenters. The third kappa shape index (κ3) is 2.80. The lowest BCUT2D eigenvalue weighted by molar-refractivity contribution is 0.342. The summed E-state index contributed by atoms with van der Waals surface area (Å²) in [5, 5.41) is 7.98. The zero-order chi connectivity index (χ0) is 12.3. The van der Waals surface area contributed by atoms with E-state index < -0.39 is 0 Å². The van der Waals surface area contributed by atoms with Gasteiger partial charge in [0.15, 0.2) is 0 Å². The van der Waals surface area contributed by atoms with Crippen molar-refractivity contribution >= 4 is 5.69 Å². The summed E-state index contributed by atoms with van der Waals surface area (Å²) in [6.07, 6.45) is 5.38. The molecule has 1 saturated heterocycles. The van der Waals surface area contributed by atoms with Crippen LogP contribution < -0.4 is 10.2 Å². The fourth-order valence-electron chi connectivity index (χ4n) is 2.37. The summed E-state index contributed by atoms with van der Waals surface area (Å²) >= 11 is 0. The van der Waals surface area contributed by atoms with Crippen molar-refractivity contribution < 1.29 is 0 Å². The summed E-state index contributed by atoms with van der Waals surface area (Å²) in [4.78, 5) is 2.45. The van der Waals surface area contributed by atoms with Crippen LogP contribution in [-0.4, -0.2) is 35.5 Å². The molecule has 0 spiro atoms. The van der Waals surface area contributed by atoms with Gasteiger partial charge >= 0.3 is 0 Å². The van der Waals surface area contributed by atoms with Crippen LogP contribution in [0.25, 0.3) is 0 Å². The summed E-state index contributed by atoms with van der Waals surface area (Å²) in [5.41, 5.74) is 1.27. The average molecular weight is 236 g/mol. The summed E-state index contributed by atoms with van der Waals surface area (Å²) in [6, 6.07) is 0.610. The highest BCUT2D eigenvalue weighted by molar-refractivity contribution is 5.43. The number of rotatable bonds is 4. The van der Waals surface area contributed by atoms with Crippen molar-refractivity contribution in [2.45, 2.75) is 39.8 Å². The molecule has 17 heavy (non-hydrogen) atoms. The predicted octanol–water partition coefficient (Wildman–Crippen LogP) is 1.73. The van der Waals surface area contributed by atoms with Crippen molar-refractivity contribution in [1.29, 1.82) is 0 Å². The van der Waals surface area contributed by atoms with Gasteiger partial charge in [-0.1, -0.05) is 20.3 Å². The molecule has 1 N–H and O–H groups in total. The molecule has 0 aromatic carbocycles. The molecule has 1 aromatic heterocycles. The van der Waals surface area contributed by atoms with Crippen LogP contribution in [-0.2, 0) is 6.54 Å². The van der Waals surface area contributed by atoms with Gasteiger partial charge in [0.2, 0.25) is 0 Å². The third-order valence-corrected chi connectivity index (χ3v) is 3.84. The van der Waals surface area contributed by atoms with Gasteiger partial charge in [-0.25, -0.2) is 0 Å². The molecule has 1 aromatic rings. The second-order valence-corrected chi connectivity index (χ2v) is 4.95. The standard InChI is InChI=1S/C13H24N4/c1-4-11(3)13-10-16(7-6-14-13)12-8-15-17(5-2)9-12/h8-9,11,13-14H,4-7,10H2,1-3H3. The molecule has 96 valence electrons.